The Hall–Kier alpha value is -0.750. The molecule has 1 aromatic carbocycles. The first-order chi connectivity index (χ1) is 9.85. The van der Waals surface area contributed by atoms with Crippen molar-refractivity contribution in [1.82, 2.24) is 0 Å². The fraction of sp³-hybridized carbons (Fsp3) is 0.533. The molecule has 0 amide bonds. The topological polar surface area (TPSA) is 52.3 Å². The highest BCUT2D eigenvalue weighted by Gasteiger charge is 2.22. The van der Waals surface area contributed by atoms with E-state index in [1.807, 2.05) is 20.8 Å². The number of hydrogen-bond acceptors (Lipinski definition) is 4. The van der Waals surface area contributed by atoms with Gasteiger partial charge in [0.1, 0.15) is 11.1 Å². The van der Waals surface area contributed by atoms with Gasteiger partial charge < -0.3 is 10.5 Å². The number of rotatable bonds is 7. The zero-order chi connectivity index (χ0) is 16.0. The molecule has 1 aromatic rings. The predicted octanol–water partition coefficient (Wildman–Crippen LogP) is 4.63. The third-order valence-electron chi connectivity index (χ3n) is 2.69. The van der Waals surface area contributed by atoms with E-state index in [9.17, 15) is 9.18 Å². The van der Waals surface area contributed by atoms with Gasteiger partial charge in [0.2, 0.25) is 0 Å². The van der Waals surface area contributed by atoms with Crippen LogP contribution in [0.15, 0.2) is 21.5 Å². The Labute approximate surface area is 137 Å². The number of esters is 1. The number of nitrogen functional groups attached to an aromatic ring is 1. The average Bonchev–Trinajstić information content (AvgIpc) is 2.41. The van der Waals surface area contributed by atoms with Gasteiger partial charge in [0, 0.05) is 9.37 Å². The van der Waals surface area contributed by atoms with Gasteiger partial charge in [0.15, 0.2) is 0 Å². The van der Waals surface area contributed by atoms with Crippen LogP contribution < -0.4 is 5.73 Å². The van der Waals surface area contributed by atoms with Gasteiger partial charge in [0.05, 0.1) is 12.3 Å². The van der Waals surface area contributed by atoms with E-state index < -0.39 is 5.82 Å². The van der Waals surface area contributed by atoms with Crippen LogP contribution in [0.1, 0.15) is 33.6 Å². The number of thioether (sulfide) groups is 1. The second kappa shape index (κ2) is 8.63. The summed E-state index contributed by atoms with van der Waals surface area (Å²) in [5.74, 6) is -0.402. The molecule has 118 valence electrons. The van der Waals surface area contributed by atoms with E-state index >= 15 is 0 Å². The molecule has 0 spiro atoms. The summed E-state index contributed by atoms with van der Waals surface area (Å²) >= 11 is 4.66. The van der Waals surface area contributed by atoms with E-state index in [0.717, 1.165) is 11.3 Å². The lowest BCUT2D eigenvalue weighted by atomic mass is 10.2. The van der Waals surface area contributed by atoms with Crippen LogP contribution in [0.5, 0.6) is 0 Å². The quantitative estimate of drug-likeness (QED) is 0.427. The van der Waals surface area contributed by atoms with E-state index in [2.05, 4.69) is 15.9 Å². The number of carbonyl (C=O) groups excluding carboxylic acids is 1. The molecular formula is C15H21BrFNO2S. The number of halogens is 2. The van der Waals surface area contributed by atoms with E-state index in [1.165, 1.54) is 17.8 Å². The van der Waals surface area contributed by atoms with Crippen LogP contribution in [-0.2, 0) is 9.53 Å². The fourth-order valence-electron chi connectivity index (χ4n) is 1.62. The maximum absolute atomic E-state index is 13.4. The first-order valence-corrected chi connectivity index (χ1v) is 8.60. The van der Waals surface area contributed by atoms with Crippen LogP contribution in [0, 0.1) is 11.7 Å². The number of ether oxygens (including phenoxy) is 1. The van der Waals surface area contributed by atoms with Crippen molar-refractivity contribution in [3.05, 3.63) is 22.4 Å². The molecule has 1 rings (SSSR count). The van der Waals surface area contributed by atoms with Crippen LogP contribution in [0.2, 0.25) is 0 Å². The lowest BCUT2D eigenvalue weighted by Gasteiger charge is -2.17. The molecule has 0 radical (unpaired) electrons. The first-order valence-electron chi connectivity index (χ1n) is 6.93. The van der Waals surface area contributed by atoms with E-state index in [4.69, 9.17) is 10.5 Å². The third kappa shape index (κ3) is 5.87. The highest BCUT2D eigenvalue weighted by molar-refractivity contribution is 9.10. The van der Waals surface area contributed by atoms with E-state index in [-0.39, 0.29) is 16.9 Å². The minimum absolute atomic E-state index is 0.0755. The molecule has 1 unspecified atom stereocenters. The van der Waals surface area contributed by atoms with Crippen molar-refractivity contribution in [2.24, 2.45) is 5.92 Å². The number of nitrogens with two attached hydrogens (primary N) is 1. The summed E-state index contributed by atoms with van der Waals surface area (Å²) < 4.78 is 19.3. The Bertz CT molecular complexity index is 497. The zero-order valence-electron chi connectivity index (χ0n) is 12.5. The van der Waals surface area contributed by atoms with Crippen molar-refractivity contribution in [3.63, 3.8) is 0 Å². The molecule has 0 aromatic heterocycles. The Kier molecular flexibility index (Phi) is 7.52. The maximum Gasteiger partial charge on any atom is 0.319 e. The monoisotopic (exact) mass is 377 g/mol. The second-order valence-electron chi connectivity index (χ2n) is 5.22. The van der Waals surface area contributed by atoms with Crippen LogP contribution in [0.25, 0.3) is 0 Å². The van der Waals surface area contributed by atoms with Crippen molar-refractivity contribution in [2.75, 3.05) is 12.3 Å². The van der Waals surface area contributed by atoms with Gasteiger partial charge in [-0.25, -0.2) is 4.39 Å². The summed E-state index contributed by atoms with van der Waals surface area (Å²) in [5.41, 5.74) is 5.66. The van der Waals surface area contributed by atoms with Crippen molar-refractivity contribution < 1.29 is 13.9 Å². The molecule has 0 saturated heterocycles. The summed E-state index contributed by atoms with van der Waals surface area (Å²) in [5, 5.41) is -0.310. The molecule has 0 saturated carbocycles. The van der Waals surface area contributed by atoms with Gasteiger partial charge in [-0.3, -0.25) is 4.79 Å². The summed E-state index contributed by atoms with van der Waals surface area (Å²) in [6.07, 6.45) is 1.56. The van der Waals surface area contributed by atoms with Crippen LogP contribution >= 0.6 is 27.7 Å². The molecule has 3 nitrogen and oxygen atoms in total. The third-order valence-corrected chi connectivity index (χ3v) is 4.92. The predicted molar refractivity (Wildman–Crippen MR) is 88.9 cm³/mol. The standard InChI is InChI=1S/C15H21BrFNO2S/c1-4-5-13(15(19)20-8-9(2)3)21-14-7-12(18)11(17)6-10(14)16/h6-7,9,13H,4-5,8,18H2,1-3H3. The fourth-order valence-corrected chi connectivity index (χ4v) is 3.40. The number of hydrogen-bond donors (Lipinski definition) is 1. The molecular weight excluding hydrogens is 357 g/mol. The molecule has 21 heavy (non-hydrogen) atoms. The number of carbonyl (C=O) groups is 1. The van der Waals surface area contributed by atoms with Gasteiger partial charge in [-0.15, -0.1) is 11.8 Å². The molecule has 0 heterocycles. The average molecular weight is 378 g/mol. The lowest BCUT2D eigenvalue weighted by molar-refractivity contribution is -0.144. The smallest absolute Gasteiger partial charge is 0.319 e. The van der Waals surface area contributed by atoms with E-state index in [0.29, 0.717) is 23.4 Å². The van der Waals surface area contributed by atoms with Gasteiger partial charge in [-0.2, -0.15) is 0 Å². The van der Waals surface area contributed by atoms with Crippen LogP contribution in [-0.4, -0.2) is 17.8 Å². The normalized spacial score (nSPS) is 12.5. The van der Waals surface area contributed by atoms with Gasteiger partial charge >= 0.3 is 5.97 Å². The summed E-state index contributed by atoms with van der Waals surface area (Å²) in [6.45, 7) is 6.41. The maximum atomic E-state index is 13.4. The molecule has 0 aliphatic carbocycles. The van der Waals surface area contributed by atoms with Crippen molar-refractivity contribution in [2.45, 2.75) is 43.8 Å². The van der Waals surface area contributed by atoms with Crippen molar-refractivity contribution >= 4 is 39.3 Å². The Morgan fingerprint density at radius 2 is 2.14 bits per heavy atom. The zero-order valence-corrected chi connectivity index (χ0v) is 14.9. The Balaban J connectivity index is 2.83. The lowest BCUT2D eigenvalue weighted by Crippen LogP contribution is -2.22. The number of anilines is 1. The number of benzene rings is 1. The van der Waals surface area contributed by atoms with Gasteiger partial charge in [0.25, 0.3) is 0 Å². The van der Waals surface area contributed by atoms with Gasteiger partial charge in [-0.1, -0.05) is 27.2 Å². The second-order valence-corrected chi connectivity index (χ2v) is 7.32. The van der Waals surface area contributed by atoms with Crippen LogP contribution in [0.4, 0.5) is 10.1 Å². The molecule has 0 bridgehead atoms. The highest BCUT2D eigenvalue weighted by Crippen LogP contribution is 2.35. The van der Waals surface area contributed by atoms with Crippen molar-refractivity contribution in [1.29, 1.82) is 0 Å². The minimum atomic E-state index is -0.472. The molecule has 6 heteroatoms. The molecule has 0 aliphatic heterocycles. The Morgan fingerprint density at radius 3 is 2.71 bits per heavy atom. The molecule has 2 N–H and O–H groups in total. The highest BCUT2D eigenvalue weighted by atomic mass is 79.9. The van der Waals surface area contributed by atoms with E-state index in [1.54, 1.807) is 6.07 Å². The summed E-state index contributed by atoms with van der Waals surface area (Å²) in [6, 6.07) is 2.86. The minimum Gasteiger partial charge on any atom is -0.465 e. The SMILES string of the molecule is CCCC(Sc1cc(N)c(F)cc1Br)C(=O)OCC(C)C. The molecule has 1 atom stereocenters. The first kappa shape index (κ1) is 18.3. The summed E-state index contributed by atoms with van der Waals surface area (Å²) in [7, 11) is 0. The summed E-state index contributed by atoms with van der Waals surface area (Å²) in [4.78, 5) is 12.9. The Morgan fingerprint density at radius 1 is 1.48 bits per heavy atom. The molecule has 0 aliphatic rings. The van der Waals surface area contributed by atoms with Crippen LogP contribution in [0.3, 0.4) is 0 Å². The van der Waals surface area contributed by atoms with Gasteiger partial charge in [-0.05, 0) is 40.4 Å². The van der Waals surface area contributed by atoms with Crippen molar-refractivity contribution in [3.8, 4) is 0 Å². The largest absolute Gasteiger partial charge is 0.465 e. The molecule has 0 fully saturated rings.